The molecule has 0 saturated heterocycles. The normalized spacial score (nSPS) is 12.4. The number of benzene rings is 2. The molecule has 0 heterocycles. The Morgan fingerprint density at radius 1 is 1.05 bits per heavy atom. The third kappa shape index (κ3) is 4.08. The standard InChI is InChI=1S/C18H20ClF/c1-13-4-3-5-15(8-13)9-16(12-19)10-17-11-18(20)7-6-14(17)2/h3-8,11,16H,9-10,12H2,1-2H3. The molecular formula is C18H20ClF. The van der Waals surface area contributed by atoms with Crippen LogP contribution < -0.4 is 0 Å². The van der Waals surface area contributed by atoms with Crippen LogP contribution in [0.3, 0.4) is 0 Å². The lowest BCUT2D eigenvalue weighted by Crippen LogP contribution is -2.11. The largest absolute Gasteiger partial charge is 0.207 e. The second-order valence-corrected chi connectivity index (χ2v) is 5.80. The zero-order valence-electron chi connectivity index (χ0n) is 12.0. The Balaban J connectivity index is 2.11. The number of rotatable bonds is 5. The van der Waals surface area contributed by atoms with E-state index < -0.39 is 0 Å². The predicted molar refractivity (Wildman–Crippen MR) is 83.9 cm³/mol. The van der Waals surface area contributed by atoms with Crippen LogP contribution in [-0.2, 0) is 12.8 Å². The summed E-state index contributed by atoms with van der Waals surface area (Å²) in [6.07, 6.45) is 1.75. The van der Waals surface area contributed by atoms with Crippen LogP contribution >= 0.6 is 11.6 Å². The Bertz CT molecular complexity index is 577. The quantitative estimate of drug-likeness (QED) is 0.673. The van der Waals surface area contributed by atoms with Gasteiger partial charge in [0.2, 0.25) is 0 Å². The van der Waals surface area contributed by atoms with Gasteiger partial charge in [0, 0.05) is 5.88 Å². The van der Waals surface area contributed by atoms with Gasteiger partial charge in [0.1, 0.15) is 5.82 Å². The molecule has 2 aromatic rings. The SMILES string of the molecule is Cc1cccc(CC(CCl)Cc2cc(F)ccc2C)c1. The van der Waals surface area contributed by atoms with Crippen LogP contribution in [0.5, 0.6) is 0 Å². The number of hydrogen-bond acceptors (Lipinski definition) is 0. The van der Waals surface area contributed by atoms with E-state index in [0.29, 0.717) is 11.8 Å². The van der Waals surface area contributed by atoms with E-state index >= 15 is 0 Å². The minimum Gasteiger partial charge on any atom is -0.207 e. The third-order valence-corrected chi connectivity index (χ3v) is 4.08. The molecule has 1 atom stereocenters. The fourth-order valence-corrected chi connectivity index (χ4v) is 2.74. The van der Waals surface area contributed by atoms with Crippen molar-refractivity contribution >= 4 is 11.6 Å². The Morgan fingerprint density at radius 2 is 1.85 bits per heavy atom. The number of hydrogen-bond donors (Lipinski definition) is 0. The van der Waals surface area contributed by atoms with Gasteiger partial charge in [0.25, 0.3) is 0 Å². The summed E-state index contributed by atoms with van der Waals surface area (Å²) in [4.78, 5) is 0. The monoisotopic (exact) mass is 290 g/mol. The van der Waals surface area contributed by atoms with Gasteiger partial charge in [-0.3, -0.25) is 0 Å². The highest BCUT2D eigenvalue weighted by Crippen LogP contribution is 2.20. The summed E-state index contributed by atoms with van der Waals surface area (Å²) in [5, 5.41) is 0. The first-order valence-electron chi connectivity index (χ1n) is 6.95. The van der Waals surface area contributed by atoms with E-state index in [1.54, 1.807) is 6.07 Å². The van der Waals surface area contributed by atoms with E-state index in [4.69, 9.17) is 11.6 Å². The van der Waals surface area contributed by atoms with Crippen LogP contribution in [0.15, 0.2) is 42.5 Å². The summed E-state index contributed by atoms with van der Waals surface area (Å²) in [5.74, 6) is 0.748. The Kier molecular flexibility index (Phi) is 5.19. The topological polar surface area (TPSA) is 0 Å². The van der Waals surface area contributed by atoms with Crippen molar-refractivity contribution in [3.05, 3.63) is 70.5 Å². The molecule has 0 aliphatic carbocycles. The van der Waals surface area contributed by atoms with Gasteiger partial charge in [-0.15, -0.1) is 11.6 Å². The molecule has 0 fully saturated rings. The molecule has 2 heteroatoms. The summed E-state index contributed by atoms with van der Waals surface area (Å²) in [7, 11) is 0. The van der Waals surface area contributed by atoms with Gasteiger partial charge in [-0.05, 0) is 61.4 Å². The van der Waals surface area contributed by atoms with Gasteiger partial charge in [-0.25, -0.2) is 4.39 Å². The summed E-state index contributed by atoms with van der Waals surface area (Å²) < 4.78 is 13.3. The summed E-state index contributed by atoms with van der Waals surface area (Å²) in [6, 6.07) is 13.5. The van der Waals surface area contributed by atoms with E-state index in [2.05, 4.69) is 31.2 Å². The Morgan fingerprint density at radius 3 is 2.55 bits per heavy atom. The molecule has 0 nitrogen and oxygen atoms in total. The molecule has 0 spiro atoms. The van der Waals surface area contributed by atoms with E-state index in [1.807, 2.05) is 13.0 Å². The van der Waals surface area contributed by atoms with Gasteiger partial charge < -0.3 is 0 Å². The molecule has 2 rings (SSSR count). The van der Waals surface area contributed by atoms with E-state index in [-0.39, 0.29) is 5.82 Å². The average Bonchev–Trinajstić information content (AvgIpc) is 2.42. The molecule has 20 heavy (non-hydrogen) atoms. The lowest BCUT2D eigenvalue weighted by Gasteiger charge is -2.16. The maximum atomic E-state index is 13.3. The van der Waals surface area contributed by atoms with Crippen LogP contribution in [0.4, 0.5) is 4.39 Å². The molecule has 2 aromatic carbocycles. The molecule has 0 radical (unpaired) electrons. The van der Waals surface area contributed by atoms with Gasteiger partial charge in [0.15, 0.2) is 0 Å². The number of aryl methyl sites for hydroxylation is 2. The minimum atomic E-state index is -0.172. The molecule has 1 unspecified atom stereocenters. The Labute approximate surface area is 125 Å². The summed E-state index contributed by atoms with van der Waals surface area (Å²) in [6.45, 7) is 4.11. The first kappa shape index (κ1) is 15.1. The van der Waals surface area contributed by atoms with Crippen molar-refractivity contribution in [3.63, 3.8) is 0 Å². The molecule has 0 aliphatic rings. The number of alkyl halides is 1. The molecule has 0 aliphatic heterocycles. The number of halogens is 2. The van der Waals surface area contributed by atoms with Gasteiger partial charge in [-0.1, -0.05) is 35.9 Å². The second kappa shape index (κ2) is 6.90. The van der Waals surface area contributed by atoms with Crippen molar-refractivity contribution in [2.45, 2.75) is 26.7 Å². The molecule has 0 saturated carbocycles. The van der Waals surface area contributed by atoms with Crippen molar-refractivity contribution in [3.8, 4) is 0 Å². The molecule has 106 valence electrons. The van der Waals surface area contributed by atoms with Gasteiger partial charge in [-0.2, -0.15) is 0 Å². The van der Waals surface area contributed by atoms with Gasteiger partial charge in [0.05, 0.1) is 0 Å². The van der Waals surface area contributed by atoms with Crippen LogP contribution in [0, 0.1) is 25.6 Å². The van der Waals surface area contributed by atoms with E-state index in [0.717, 1.165) is 24.0 Å². The minimum absolute atomic E-state index is 0.172. The lowest BCUT2D eigenvalue weighted by atomic mass is 9.91. The zero-order valence-corrected chi connectivity index (χ0v) is 12.8. The van der Waals surface area contributed by atoms with Crippen LogP contribution in [0.2, 0.25) is 0 Å². The highest BCUT2D eigenvalue weighted by atomic mass is 35.5. The van der Waals surface area contributed by atoms with Crippen molar-refractivity contribution in [2.24, 2.45) is 5.92 Å². The predicted octanol–water partition coefficient (Wildman–Crippen LogP) is 5.08. The van der Waals surface area contributed by atoms with Crippen LogP contribution in [0.1, 0.15) is 22.3 Å². The molecule has 0 N–H and O–H groups in total. The van der Waals surface area contributed by atoms with Gasteiger partial charge >= 0.3 is 0 Å². The van der Waals surface area contributed by atoms with Crippen molar-refractivity contribution in [1.29, 1.82) is 0 Å². The third-order valence-electron chi connectivity index (χ3n) is 3.64. The Hall–Kier alpha value is -1.34. The van der Waals surface area contributed by atoms with Crippen molar-refractivity contribution < 1.29 is 4.39 Å². The van der Waals surface area contributed by atoms with Crippen molar-refractivity contribution in [1.82, 2.24) is 0 Å². The van der Waals surface area contributed by atoms with E-state index in [1.165, 1.54) is 17.2 Å². The first-order valence-corrected chi connectivity index (χ1v) is 7.48. The first-order chi connectivity index (χ1) is 9.58. The maximum Gasteiger partial charge on any atom is 0.123 e. The maximum absolute atomic E-state index is 13.3. The average molecular weight is 291 g/mol. The zero-order chi connectivity index (χ0) is 14.5. The van der Waals surface area contributed by atoms with Crippen molar-refractivity contribution in [2.75, 3.05) is 5.88 Å². The molecule has 0 amide bonds. The van der Waals surface area contributed by atoms with E-state index in [9.17, 15) is 4.39 Å². The highest BCUT2D eigenvalue weighted by molar-refractivity contribution is 6.18. The molecule has 0 bridgehead atoms. The molecular weight excluding hydrogens is 271 g/mol. The summed E-state index contributed by atoms with van der Waals surface area (Å²) >= 11 is 6.11. The summed E-state index contributed by atoms with van der Waals surface area (Å²) in [5.41, 5.74) is 4.75. The fraction of sp³-hybridized carbons (Fsp3) is 0.333. The lowest BCUT2D eigenvalue weighted by molar-refractivity contribution is 0.574. The second-order valence-electron chi connectivity index (χ2n) is 5.49. The van der Waals surface area contributed by atoms with Crippen LogP contribution in [-0.4, -0.2) is 5.88 Å². The smallest absolute Gasteiger partial charge is 0.123 e. The van der Waals surface area contributed by atoms with Crippen LogP contribution in [0.25, 0.3) is 0 Å². The fourth-order valence-electron chi connectivity index (χ4n) is 2.52. The highest BCUT2D eigenvalue weighted by Gasteiger charge is 2.12. The molecule has 0 aromatic heterocycles.